The third-order valence-corrected chi connectivity index (χ3v) is 4.06. The van der Waals surface area contributed by atoms with Crippen molar-refractivity contribution in [2.75, 3.05) is 14.2 Å². The van der Waals surface area contributed by atoms with E-state index in [-0.39, 0.29) is 11.9 Å². The predicted octanol–water partition coefficient (Wildman–Crippen LogP) is 3.64. The number of benzene rings is 2. The van der Waals surface area contributed by atoms with Gasteiger partial charge in [0.15, 0.2) is 11.5 Å². The molecule has 0 spiro atoms. The first-order valence-electron chi connectivity index (χ1n) is 7.98. The Morgan fingerprint density at radius 2 is 1.76 bits per heavy atom. The molecule has 5 nitrogen and oxygen atoms in total. The van der Waals surface area contributed by atoms with E-state index in [0.29, 0.717) is 23.6 Å². The van der Waals surface area contributed by atoms with Crippen molar-refractivity contribution in [3.63, 3.8) is 0 Å². The highest BCUT2D eigenvalue weighted by molar-refractivity contribution is 5.73. The van der Waals surface area contributed by atoms with E-state index in [4.69, 9.17) is 9.47 Å². The van der Waals surface area contributed by atoms with Crippen LogP contribution in [0.5, 0.6) is 11.5 Å². The van der Waals surface area contributed by atoms with Gasteiger partial charge >= 0.3 is 0 Å². The van der Waals surface area contributed by atoms with Gasteiger partial charge in [-0.25, -0.2) is 9.37 Å². The molecule has 130 valence electrons. The molecule has 25 heavy (non-hydrogen) atoms. The minimum atomic E-state index is -0.345. The lowest BCUT2D eigenvalue weighted by molar-refractivity contribution is 0.350. The second kappa shape index (κ2) is 7.44. The van der Waals surface area contributed by atoms with E-state index in [1.165, 1.54) is 20.3 Å². The summed E-state index contributed by atoms with van der Waals surface area (Å²) in [6.45, 7) is 2.37. The number of fused-ring (bicyclic) bond motifs is 1. The number of halogens is 1. The standard InChI is InChI=1S/C19H20FN3O2/c1-12(14-8-18(24-2)19(25-3)9-15(14)20)21-10-13-11-22-16-6-4-5-7-17(16)23-13/h4-9,11-12,21H,10H2,1-3H3. The summed E-state index contributed by atoms with van der Waals surface area (Å²) in [6.07, 6.45) is 1.73. The average molecular weight is 341 g/mol. The Morgan fingerprint density at radius 3 is 2.48 bits per heavy atom. The van der Waals surface area contributed by atoms with Crippen molar-refractivity contribution in [3.05, 3.63) is 59.7 Å². The van der Waals surface area contributed by atoms with Crippen LogP contribution in [0.3, 0.4) is 0 Å². The Bertz CT molecular complexity index is 886. The first-order valence-corrected chi connectivity index (χ1v) is 7.98. The largest absolute Gasteiger partial charge is 0.493 e. The highest BCUT2D eigenvalue weighted by Crippen LogP contribution is 2.32. The van der Waals surface area contributed by atoms with Gasteiger partial charge in [0.25, 0.3) is 0 Å². The zero-order valence-electron chi connectivity index (χ0n) is 14.4. The average Bonchev–Trinajstić information content (AvgIpc) is 2.65. The van der Waals surface area contributed by atoms with Crippen molar-refractivity contribution in [2.45, 2.75) is 19.5 Å². The number of nitrogens with one attached hydrogen (secondary N) is 1. The van der Waals surface area contributed by atoms with Crippen LogP contribution in [0.25, 0.3) is 11.0 Å². The minimum Gasteiger partial charge on any atom is -0.493 e. The number of methoxy groups -OCH3 is 2. The molecule has 0 aliphatic carbocycles. The van der Waals surface area contributed by atoms with Crippen LogP contribution in [-0.2, 0) is 6.54 Å². The van der Waals surface area contributed by atoms with Gasteiger partial charge in [0.05, 0.1) is 37.1 Å². The monoisotopic (exact) mass is 341 g/mol. The van der Waals surface area contributed by atoms with Crippen LogP contribution < -0.4 is 14.8 Å². The van der Waals surface area contributed by atoms with E-state index in [9.17, 15) is 4.39 Å². The fourth-order valence-electron chi connectivity index (χ4n) is 2.65. The second-order valence-corrected chi connectivity index (χ2v) is 5.68. The maximum atomic E-state index is 14.3. The highest BCUT2D eigenvalue weighted by Gasteiger charge is 2.16. The third kappa shape index (κ3) is 3.69. The van der Waals surface area contributed by atoms with Crippen molar-refractivity contribution in [1.29, 1.82) is 0 Å². The van der Waals surface area contributed by atoms with Crippen LogP contribution in [-0.4, -0.2) is 24.2 Å². The first-order chi connectivity index (χ1) is 12.1. The Balaban J connectivity index is 1.76. The van der Waals surface area contributed by atoms with Gasteiger partial charge in [-0.2, -0.15) is 0 Å². The summed E-state index contributed by atoms with van der Waals surface area (Å²) in [5, 5.41) is 3.27. The van der Waals surface area contributed by atoms with Crippen LogP contribution in [0, 0.1) is 5.82 Å². The maximum Gasteiger partial charge on any atom is 0.163 e. The zero-order valence-corrected chi connectivity index (χ0v) is 14.4. The SMILES string of the molecule is COc1cc(F)c(C(C)NCc2cnc3ccccc3n2)cc1OC. The molecule has 0 saturated carbocycles. The number of hydrogen-bond acceptors (Lipinski definition) is 5. The van der Waals surface area contributed by atoms with Crippen LogP contribution in [0.2, 0.25) is 0 Å². The molecule has 0 amide bonds. The molecule has 3 rings (SSSR count). The summed E-state index contributed by atoms with van der Waals surface area (Å²) < 4.78 is 24.7. The molecule has 0 aliphatic rings. The second-order valence-electron chi connectivity index (χ2n) is 5.68. The van der Waals surface area contributed by atoms with Crippen molar-refractivity contribution in [2.24, 2.45) is 0 Å². The fraction of sp³-hybridized carbons (Fsp3) is 0.263. The zero-order chi connectivity index (χ0) is 17.8. The Kier molecular flexibility index (Phi) is 5.09. The predicted molar refractivity (Wildman–Crippen MR) is 94.3 cm³/mol. The molecule has 1 heterocycles. The smallest absolute Gasteiger partial charge is 0.163 e. The van der Waals surface area contributed by atoms with Crippen molar-refractivity contribution in [3.8, 4) is 11.5 Å². The lowest BCUT2D eigenvalue weighted by atomic mass is 10.1. The normalized spacial score (nSPS) is 12.2. The quantitative estimate of drug-likeness (QED) is 0.742. The molecule has 1 N–H and O–H groups in total. The summed E-state index contributed by atoms with van der Waals surface area (Å²) in [5.74, 6) is 0.525. The molecule has 0 bridgehead atoms. The van der Waals surface area contributed by atoms with Crippen molar-refractivity contribution >= 4 is 11.0 Å². The summed E-state index contributed by atoms with van der Waals surface area (Å²) in [6, 6.07) is 10.4. The molecule has 6 heteroatoms. The van der Waals surface area contributed by atoms with E-state index < -0.39 is 0 Å². The topological polar surface area (TPSA) is 56.3 Å². The number of hydrogen-bond donors (Lipinski definition) is 1. The van der Waals surface area contributed by atoms with E-state index in [2.05, 4.69) is 15.3 Å². The van der Waals surface area contributed by atoms with Gasteiger partial charge in [-0.05, 0) is 25.1 Å². The highest BCUT2D eigenvalue weighted by atomic mass is 19.1. The molecule has 0 radical (unpaired) electrons. The summed E-state index contributed by atoms with van der Waals surface area (Å²) in [7, 11) is 3.01. The Hall–Kier alpha value is -2.73. The van der Waals surface area contributed by atoms with Gasteiger partial charge in [0.1, 0.15) is 5.82 Å². The van der Waals surface area contributed by atoms with Gasteiger partial charge in [-0.3, -0.25) is 4.98 Å². The van der Waals surface area contributed by atoms with Crippen LogP contribution >= 0.6 is 0 Å². The van der Waals surface area contributed by atoms with Crippen molar-refractivity contribution < 1.29 is 13.9 Å². The van der Waals surface area contributed by atoms with Crippen LogP contribution in [0.15, 0.2) is 42.6 Å². The molecular formula is C19H20FN3O2. The number of ether oxygens (including phenoxy) is 2. The lowest BCUT2D eigenvalue weighted by Crippen LogP contribution is -2.20. The molecule has 2 aromatic carbocycles. The molecule has 0 fully saturated rings. The maximum absolute atomic E-state index is 14.3. The first kappa shape index (κ1) is 17.1. The summed E-state index contributed by atoms with van der Waals surface area (Å²) in [5.41, 5.74) is 3.00. The van der Waals surface area contributed by atoms with Crippen LogP contribution in [0.4, 0.5) is 4.39 Å². The van der Waals surface area contributed by atoms with Gasteiger partial charge in [-0.1, -0.05) is 12.1 Å². The summed E-state index contributed by atoms with van der Waals surface area (Å²) >= 11 is 0. The van der Waals surface area contributed by atoms with E-state index in [0.717, 1.165) is 16.7 Å². The number of nitrogens with zero attached hydrogens (tertiary/aromatic N) is 2. The Morgan fingerprint density at radius 1 is 1.08 bits per heavy atom. The van der Waals surface area contributed by atoms with E-state index in [1.807, 2.05) is 31.2 Å². The van der Waals surface area contributed by atoms with Gasteiger partial charge in [0, 0.05) is 24.2 Å². The van der Waals surface area contributed by atoms with E-state index in [1.54, 1.807) is 12.3 Å². The third-order valence-electron chi connectivity index (χ3n) is 4.06. The molecule has 3 aromatic rings. The lowest BCUT2D eigenvalue weighted by Gasteiger charge is -2.17. The van der Waals surface area contributed by atoms with Gasteiger partial charge in [0.2, 0.25) is 0 Å². The summed E-state index contributed by atoms with van der Waals surface area (Å²) in [4.78, 5) is 8.95. The molecule has 0 saturated heterocycles. The van der Waals surface area contributed by atoms with E-state index >= 15 is 0 Å². The Labute approximate surface area is 145 Å². The number of para-hydroxylation sites is 2. The fourth-order valence-corrected chi connectivity index (χ4v) is 2.65. The van der Waals surface area contributed by atoms with Crippen molar-refractivity contribution in [1.82, 2.24) is 15.3 Å². The molecular weight excluding hydrogens is 321 g/mol. The van der Waals surface area contributed by atoms with Crippen LogP contribution in [0.1, 0.15) is 24.2 Å². The van der Waals surface area contributed by atoms with Gasteiger partial charge < -0.3 is 14.8 Å². The molecule has 0 aliphatic heterocycles. The minimum absolute atomic E-state index is 0.229. The molecule has 1 atom stereocenters. The number of aromatic nitrogens is 2. The molecule has 1 aromatic heterocycles. The van der Waals surface area contributed by atoms with Gasteiger partial charge in [-0.15, -0.1) is 0 Å². The number of rotatable bonds is 6. The molecule has 1 unspecified atom stereocenters.